The van der Waals surface area contributed by atoms with E-state index in [0.717, 1.165) is 11.5 Å². The van der Waals surface area contributed by atoms with Crippen molar-refractivity contribution in [3.63, 3.8) is 0 Å². The van der Waals surface area contributed by atoms with E-state index in [1.807, 2.05) is 0 Å². The van der Waals surface area contributed by atoms with Crippen LogP contribution < -0.4 is 11.1 Å². The number of rotatable bonds is 7. The number of amides is 1. The number of carbonyl (C=O) groups excluding carboxylic acids is 1. The van der Waals surface area contributed by atoms with E-state index in [0.29, 0.717) is 18.7 Å². The summed E-state index contributed by atoms with van der Waals surface area (Å²) >= 11 is 0. The summed E-state index contributed by atoms with van der Waals surface area (Å²) < 4.78 is 0. The lowest BCUT2D eigenvalue weighted by atomic mass is 10.3. The fourth-order valence-electron chi connectivity index (χ4n) is 0.523. The third-order valence-corrected chi connectivity index (χ3v) is 3.58. The summed E-state index contributed by atoms with van der Waals surface area (Å²) in [6.07, 6.45) is 0. The first-order valence-corrected chi connectivity index (χ1v) is 6.55. The first kappa shape index (κ1) is 16.6. The lowest BCUT2D eigenvalue weighted by Crippen LogP contribution is -2.25. The maximum absolute atomic E-state index is 11.0. The topological polar surface area (TPSA) is 55.1 Å². The van der Waals surface area contributed by atoms with Crippen LogP contribution in [-0.4, -0.2) is 30.5 Å². The van der Waals surface area contributed by atoms with Gasteiger partial charge in [0.15, 0.2) is 0 Å². The van der Waals surface area contributed by atoms with E-state index in [1.54, 1.807) is 28.5 Å². The predicted molar refractivity (Wildman–Crippen MR) is 69.0 cm³/mol. The molecule has 6 heteroatoms. The summed E-state index contributed by atoms with van der Waals surface area (Å²) in [4.78, 5) is 11.0. The maximum Gasteiger partial charge on any atom is 0.246 e. The van der Waals surface area contributed by atoms with Gasteiger partial charge in [-0.25, -0.2) is 0 Å². The Morgan fingerprint density at radius 2 is 2.00 bits per heavy atom. The second-order valence-corrected chi connectivity index (χ2v) is 5.17. The molecule has 3 nitrogen and oxygen atoms in total. The quantitative estimate of drug-likeness (QED) is 0.411. The van der Waals surface area contributed by atoms with Crippen molar-refractivity contribution in [3.8, 4) is 0 Å². The van der Waals surface area contributed by atoms with Gasteiger partial charge in [-0.1, -0.05) is 28.2 Å². The van der Waals surface area contributed by atoms with Crippen LogP contribution in [0.4, 0.5) is 0 Å². The Bertz CT molecular complexity index is 179. The van der Waals surface area contributed by atoms with Crippen molar-refractivity contribution >= 4 is 39.9 Å². The highest BCUT2D eigenvalue weighted by Crippen LogP contribution is 2.18. The Hall–Kier alpha value is 0.160. The molecule has 0 aromatic rings. The standard InChI is InChI=1S/C8H16N2OS2.ClH/c1-7(2)8(11)10-4-6-13-12-5-3-9;/h1,3-6,9H2,2H3,(H,10,11);1H. The van der Waals surface area contributed by atoms with E-state index in [4.69, 9.17) is 5.73 Å². The molecule has 0 saturated heterocycles. The molecule has 3 N–H and O–H groups in total. The number of hydrogen-bond acceptors (Lipinski definition) is 4. The Kier molecular flexibility index (Phi) is 13.3. The average molecular weight is 257 g/mol. The van der Waals surface area contributed by atoms with Crippen LogP contribution in [0.3, 0.4) is 0 Å². The molecule has 0 aliphatic heterocycles. The van der Waals surface area contributed by atoms with Crippen LogP contribution in [0.15, 0.2) is 12.2 Å². The van der Waals surface area contributed by atoms with E-state index in [1.165, 1.54) is 0 Å². The molecular weight excluding hydrogens is 240 g/mol. The minimum Gasteiger partial charge on any atom is -0.351 e. The smallest absolute Gasteiger partial charge is 0.246 e. The second kappa shape index (κ2) is 11.2. The summed E-state index contributed by atoms with van der Waals surface area (Å²) in [5.41, 5.74) is 5.87. The van der Waals surface area contributed by atoms with Crippen molar-refractivity contribution in [2.45, 2.75) is 6.92 Å². The van der Waals surface area contributed by atoms with Crippen LogP contribution in [0.25, 0.3) is 0 Å². The second-order valence-electron chi connectivity index (χ2n) is 2.47. The van der Waals surface area contributed by atoms with Crippen LogP contribution in [0.5, 0.6) is 0 Å². The van der Waals surface area contributed by atoms with Crippen LogP contribution in [0.1, 0.15) is 6.92 Å². The summed E-state index contributed by atoms with van der Waals surface area (Å²) in [5, 5.41) is 2.76. The van der Waals surface area contributed by atoms with Gasteiger partial charge in [0.2, 0.25) is 5.91 Å². The van der Waals surface area contributed by atoms with E-state index >= 15 is 0 Å². The first-order valence-electron chi connectivity index (χ1n) is 4.06. The molecule has 0 saturated carbocycles. The van der Waals surface area contributed by atoms with Crippen LogP contribution in [0, 0.1) is 0 Å². The normalized spacial score (nSPS) is 9.00. The third kappa shape index (κ3) is 10.2. The van der Waals surface area contributed by atoms with Crippen molar-refractivity contribution in [2.24, 2.45) is 5.73 Å². The molecular formula is C8H17ClN2OS2. The molecule has 0 radical (unpaired) electrons. The van der Waals surface area contributed by atoms with E-state index < -0.39 is 0 Å². The highest BCUT2D eigenvalue weighted by molar-refractivity contribution is 8.76. The van der Waals surface area contributed by atoms with Gasteiger partial charge in [0, 0.05) is 30.2 Å². The molecule has 0 aromatic heterocycles. The molecule has 0 fully saturated rings. The average Bonchev–Trinajstić information content (AvgIpc) is 2.10. The SMILES string of the molecule is C=C(C)C(=O)NCCSSCCN.Cl. The molecule has 0 bridgehead atoms. The first-order chi connectivity index (χ1) is 6.18. The zero-order chi connectivity index (χ0) is 10.1. The molecule has 0 aliphatic rings. The Balaban J connectivity index is 0. The molecule has 1 amide bonds. The Labute approximate surface area is 99.5 Å². The molecule has 84 valence electrons. The molecule has 0 heterocycles. The van der Waals surface area contributed by atoms with Crippen molar-refractivity contribution in [1.82, 2.24) is 5.32 Å². The lowest BCUT2D eigenvalue weighted by Gasteiger charge is -2.03. The number of hydrogen-bond donors (Lipinski definition) is 2. The number of nitrogens with two attached hydrogens (primary N) is 1. The van der Waals surface area contributed by atoms with E-state index in [-0.39, 0.29) is 18.3 Å². The van der Waals surface area contributed by atoms with Gasteiger partial charge in [-0.05, 0) is 6.92 Å². The van der Waals surface area contributed by atoms with Gasteiger partial charge in [0.05, 0.1) is 0 Å². The molecule has 0 aromatic carbocycles. The number of halogens is 1. The highest BCUT2D eigenvalue weighted by Gasteiger charge is 1.98. The summed E-state index contributed by atoms with van der Waals surface area (Å²) in [5.74, 6) is 1.80. The maximum atomic E-state index is 11.0. The molecule has 0 rings (SSSR count). The summed E-state index contributed by atoms with van der Waals surface area (Å²) in [6, 6.07) is 0. The molecule has 0 atom stereocenters. The molecule has 0 spiro atoms. The number of nitrogens with one attached hydrogen (secondary N) is 1. The Morgan fingerprint density at radius 3 is 2.50 bits per heavy atom. The van der Waals surface area contributed by atoms with Crippen LogP contribution in [-0.2, 0) is 4.79 Å². The van der Waals surface area contributed by atoms with Crippen molar-refractivity contribution in [3.05, 3.63) is 12.2 Å². The fourth-order valence-corrected chi connectivity index (χ4v) is 2.29. The summed E-state index contributed by atoms with van der Waals surface area (Å²) in [6.45, 7) is 6.64. The zero-order valence-electron chi connectivity index (χ0n) is 8.25. The van der Waals surface area contributed by atoms with Gasteiger partial charge in [0.25, 0.3) is 0 Å². The molecule has 14 heavy (non-hydrogen) atoms. The van der Waals surface area contributed by atoms with Gasteiger partial charge >= 0.3 is 0 Å². The van der Waals surface area contributed by atoms with Crippen molar-refractivity contribution in [2.75, 3.05) is 24.6 Å². The highest BCUT2D eigenvalue weighted by atomic mass is 35.5. The van der Waals surface area contributed by atoms with Gasteiger partial charge in [-0.15, -0.1) is 12.4 Å². The van der Waals surface area contributed by atoms with Crippen LogP contribution >= 0.6 is 34.0 Å². The van der Waals surface area contributed by atoms with Crippen molar-refractivity contribution < 1.29 is 4.79 Å². The van der Waals surface area contributed by atoms with Gasteiger partial charge in [-0.3, -0.25) is 4.79 Å². The minimum atomic E-state index is -0.0653. The molecule has 0 unspecified atom stereocenters. The van der Waals surface area contributed by atoms with E-state index in [9.17, 15) is 4.79 Å². The molecule has 0 aliphatic carbocycles. The minimum absolute atomic E-state index is 0. The van der Waals surface area contributed by atoms with E-state index in [2.05, 4.69) is 11.9 Å². The van der Waals surface area contributed by atoms with Crippen molar-refractivity contribution in [1.29, 1.82) is 0 Å². The van der Waals surface area contributed by atoms with Gasteiger partial charge in [0.1, 0.15) is 0 Å². The van der Waals surface area contributed by atoms with Gasteiger partial charge < -0.3 is 11.1 Å². The van der Waals surface area contributed by atoms with Crippen LogP contribution in [0.2, 0.25) is 0 Å². The van der Waals surface area contributed by atoms with Gasteiger partial charge in [-0.2, -0.15) is 0 Å². The Morgan fingerprint density at radius 1 is 1.43 bits per heavy atom. The largest absolute Gasteiger partial charge is 0.351 e. The lowest BCUT2D eigenvalue weighted by molar-refractivity contribution is -0.117. The predicted octanol–water partition coefficient (Wildman–Crippen LogP) is 1.44. The monoisotopic (exact) mass is 256 g/mol. The fraction of sp³-hybridized carbons (Fsp3) is 0.625. The number of carbonyl (C=O) groups is 1. The third-order valence-electron chi connectivity index (χ3n) is 1.14. The zero-order valence-corrected chi connectivity index (χ0v) is 10.7. The summed E-state index contributed by atoms with van der Waals surface area (Å²) in [7, 11) is 3.46.